The number of ketones is 1. The number of thiazole rings is 1. The summed E-state index contributed by atoms with van der Waals surface area (Å²) in [4.78, 5) is 43.2. The molecule has 0 amide bonds. The van der Waals surface area contributed by atoms with Gasteiger partial charge in [-0.05, 0) is 56.8 Å². The van der Waals surface area contributed by atoms with E-state index in [1.54, 1.807) is 20.8 Å². The molecule has 1 heterocycles. The second-order valence-corrected chi connectivity index (χ2v) is 12.2. The predicted octanol–water partition coefficient (Wildman–Crippen LogP) is 4.08. The number of nitrogens with zero attached hydrogens (tertiary/aromatic N) is 1. The molecule has 3 saturated carbocycles. The van der Waals surface area contributed by atoms with Crippen LogP contribution >= 0.6 is 11.3 Å². The summed E-state index contributed by atoms with van der Waals surface area (Å²) in [5.41, 5.74) is -4.94. The van der Waals surface area contributed by atoms with Gasteiger partial charge in [-0.2, -0.15) is 0 Å². The van der Waals surface area contributed by atoms with E-state index in [-0.39, 0.29) is 29.7 Å². The molecular weight excluding hydrogens is 504 g/mol. The van der Waals surface area contributed by atoms with Crippen LogP contribution in [0.4, 0.5) is 8.78 Å². The molecule has 2 unspecified atom stereocenters. The van der Waals surface area contributed by atoms with Gasteiger partial charge in [0.25, 0.3) is 0 Å². The Morgan fingerprint density at radius 3 is 2.57 bits per heavy atom. The van der Waals surface area contributed by atoms with Gasteiger partial charge in [-0.25, -0.2) is 23.4 Å². The lowest BCUT2D eigenvalue weighted by molar-refractivity contribution is -0.230. The Morgan fingerprint density at radius 2 is 1.95 bits per heavy atom. The summed E-state index contributed by atoms with van der Waals surface area (Å²) in [7, 11) is 1.19. The summed E-state index contributed by atoms with van der Waals surface area (Å²) < 4.78 is 44.3. The maximum atomic E-state index is 17.4. The Kier molecular flexibility index (Phi) is 5.85. The summed E-state index contributed by atoms with van der Waals surface area (Å²) >= 11 is 1.08. The highest BCUT2D eigenvalue weighted by atomic mass is 32.1. The number of ether oxygens (including phenoxy) is 2. The second-order valence-electron chi connectivity index (χ2n) is 11.4. The van der Waals surface area contributed by atoms with Crippen molar-refractivity contribution in [1.29, 1.82) is 0 Å². The van der Waals surface area contributed by atoms with Crippen LogP contribution in [0.2, 0.25) is 0 Å². The molecule has 0 saturated heterocycles. The largest absolute Gasteiger partial charge is 0.466 e. The van der Waals surface area contributed by atoms with Crippen LogP contribution in [0.5, 0.6) is 0 Å². The molecule has 5 rings (SSSR count). The number of fused-ring (bicyclic) bond motifs is 5. The van der Waals surface area contributed by atoms with Gasteiger partial charge in [0.15, 0.2) is 11.5 Å². The molecule has 0 radical (unpaired) electrons. The fraction of sp³-hybridized carbons (Fsp3) is 0.630. The van der Waals surface area contributed by atoms with Crippen LogP contribution < -0.4 is 0 Å². The van der Waals surface area contributed by atoms with Gasteiger partial charge in [-0.3, -0.25) is 4.79 Å². The maximum absolute atomic E-state index is 17.4. The molecular formula is C27H31F2NO6S. The molecule has 0 bridgehead atoms. The van der Waals surface area contributed by atoms with Gasteiger partial charge >= 0.3 is 11.9 Å². The zero-order chi connectivity index (χ0) is 27.1. The van der Waals surface area contributed by atoms with E-state index in [0.29, 0.717) is 5.69 Å². The average Bonchev–Trinajstić information content (AvgIpc) is 3.36. The van der Waals surface area contributed by atoms with Crippen molar-refractivity contribution in [1.82, 2.24) is 4.98 Å². The summed E-state index contributed by atoms with van der Waals surface area (Å²) in [6.45, 7) is 6.61. The minimum Gasteiger partial charge on any atom is -0.466 e. The fourth-order valence-electron chi connectivity index (χ4n) is 8.06. The van der Waals surface area contributed by atoms with E-state index in [1.807, 2.05) is 0 Å². The van der Waals surface area contributed by atoms with Crippen molar-refractivity contribution in [3.05, 3.63) is 39.9 Å². The normalized spacial score (nSPS) is 44.4. The lowest BCUT2D eigenvalue weighted by atomic mass is 9.44. The van der Waals surface area contributed by atoms with E-state index in [1.165, 1.54) is 31.7 Å². The van der Waals surface area contributed by atoms with Crippen LogP contribution in [-0.4, -0.2) is 58.5 Å². The number of hydrogen-bond acceptors (Lipinski definition) is 8. The fourth-order valence-corrected chi connectivity index (χ4v) is 8.74. The average molecular weight is 536 g/mol. The molecule has 1 N–H and O–H groups in total. The quantitative estimate of drug-likeness (QED) is 0.582. The molecule has 0 aromatic carbocycles. The third-order valence-electron chi connectivity index (χ3n) is 9.84. The van der Waals surface area contributed by atoms with E-state index >= 15 is 8.78 Å². The van der Waals surface area contributed by atoms with Crippen molar-refractivity contribution >= 4 is 29.1 Å². The number of hydrogen-bond donors (Lipinski definition) is 1. The predicted molar refractivity (Wildman–Crippen MR) is 130 cm³/mol. The number of aryl methyl sites for hydroxylation is 1. The van der Waals surface area contributed by atoms with E-state index in [9.17, 15) is 19.5 Å². The Morgan fingerprint density at radius 1 is 1.24 bits per heavy atom. The van der Waals surface area contributed by atoms with Gasteiger partial charge in [0.1, 0.15) is 11.0 Å². The Labute approximate surface area is 217 Å². The summed E-state index contributed by atoms with van der Waals surface area (Å²) in [6, 6.07) is 0. The van der Waals surface area contributed by atoms with Gasteiger partial charge in [0, 0.05) is 22.7 Å². The van der Waals surface area contributed by atoms with Crippen LogP contribution in [0.25, 0.3) is 0 Å². The first-order valence-electron chi connectivity index (χ1n) is 12.5. The summed E-state index contributed by atoms with van der Waals surface area (Å²) in [5.74, 6) is -4.18. The Balaban J connectivity index is 1.64. The Hall–Kier alpha value is -2.46. The van der Waals surface area contributed by atoms with E-state index in [4.69, 9.17) is 9.47 Å². The van der Waals surface area contributed by atoms with Crippen molar-refractivity contribution in [3.63, 3.8) is 0 Å². The number of aliphatic hydroxyl groups is 1. The topological polar surface area (TPSA) is 103 Å². The zero-order valence-electron chi connectivity index (χ0n) is 21.4. The van der Waals surface area contributed by atoms with Gasteiger partial charge < -0.3 is 14.6 Å². The molecule has 37 heavy (non-hydrogen) atoms. The number of aromatic nitrogens is 1. The third kappa shape index (κ3) is 3.11. The van der Waals surface area contributed by atoms with Crippen molar-refractivity contribution in [2.45, 2.75) is 70.5 Å². The SMILES string of the molecule is COC(=O)[C@@]1(OC(=O)c2scnc2C)[C@H](C)CC2C3C[C@H](F)C4=CC(=O)C=C[C@]4(C)[C@@]3(F)[C@@H](O)C[C@@]21C. The number of carbonyl (C=O) groups excluding carboxylic acids is 3. The molecule has 0 spiro atoms. The number of allylic oxidation sites excluding steroid dienone is 4. The van der Waals surface area contributed by atoms with Gasteiger partial charge in [-0.15, -0.1) is 11.3 Å². The standard InChI is InChI=1S/C27H31F2NO6S/c1-13-8-16-17-10-19(28)18-9-15(31)6-7-24(18,3)26(17,29)20(32)11-25(16,4)27(13,23(34)35-5)36-22(33)21-14(2)30-12-37-21/h6-7,9,12-13,16-17,19-20,32H,8,10-11H2,1-5H3/t13-,16?,17?,19+,20+,24+,25+,26+,27+/m1/s1. The number of esters is 2. The number of halogens is 2. The van der Waals surface area contributed by atoms with Crippen molar-refractivity contribution in [2.24, 2.45) is 28.6 Å². The number of aliphatic hydroxyl groups excluding tert-OH is 1. The maximum Gasteiger partial charge on any atom is 0.351 e. The van der Waals surface area contributed by atoms with Crippen LogP contribution in [0.15, 0.2) is 29.3 Å². The minimum atomic E-state index is -2.30. The monoisotopic (exact) mass is 535 g/mol. The number of alkyl halides is 2. The van der Waals surface area contributed by atoms with Gasteiger partial charge in [0.2, 0.25) is 5.60 Å². The van der Waals surface area contributed by atoms with Crippen molar-refractivity contribution in [3.8, 4) is 0 Å². The molecule has 1 aromatic rings. The number of rotatable bonds is 3. The van der Waals surface area contributed by atoms with Crippen LogP contribution in [-0.2, 0) is 19.1 Å². The summed E-state index contributed by atoms with van der Waals surface area (Å²) in [5, 5.41) is 11.5. The zero-order valence-corrected chi connectivity index (χ0v) is 22.2. The first-order valence-corrected chi connectivity index (χ1v) is 13.3. The molecule has 0 aliphatic heterocycles. The van der Waals surface area contributed by atoms with Crippen LogP contribution in [0, 0.1) is 35.5 Å². The van der Waals surface area contributed by atoms with Gasteiger partial charge in [0.05, 0.1) is 24.4 Å². The van der Waals surface area contributed by atoms with E-state index < -0.39 is 69.9 Å². The number of carbonyl (C=O) groups is 3. The van der Waals surface area contributed by atoms with Crippen LogP contribution in [0.3, 0.4) is 0 Å². The molecule has 4 aliphatic rings. The highest BCUT2D eigenvalue weighted by Gasteiger charge is 2.78. The molecule has 3 fully saturated rings. The Bertz CT molecular complexity index is 1250. The second kappa shape index (κ2) is 8.27. The van der Waals surface area contributed by atoms with E-state index in [0.717, 1.165) is 17.4 Å². The molecule has 7 nitrogen and oxygen atoms in total. The molecule has 1 aromatic heterocycles. The van der Waals surface area contributed by atoms with Gasteiger partial charge in [-0.1, -0.05) is 19.9 Å². The highest BCUT2D eigenvalue weighted by Crippen LogP contribution is 2.71. The lowest BCUT2D eigenvalue weighted by Crippen LogP contribution is -2.71. The molecule has 9 atom stereocenters. The number of methoxy groups -OCH3 is 1. The first-order chi connectivity index (χ1) is 17.3. The van der Waals surface area contributed by atoms with Crippen molar-refractivity contribution in [2.75, 3.05) is 7.11 Å². The lowest BCUT2D eigenvalue weighted by Gasteiger charge is -2.63. The van der Waals surface area contributed by atoms with Crippen LogP contribution in [0.1, 0.15) is 55.4 Å². The minimum absolute atomic E-state index is 0.0266. The first kappa shape index (κ1) is 26.2. The van der Waals surface area contributed by atoms with Crippen molar-refractivity contribution < 1.29 is 37.7 Å². The highest BCUT2D eigenvalue weighted by molar-refractivity contribution is 7.11. The third-order valence-corrected chi connectivity index (χ3v) is 10.8. The molecule has 10 heteroatoms. The molecule has 200 valence electrons. The molecule has 4 aliphatic carbocycles. The summed E-state index contributed by atoms with van der Waals surface area (Å²) in [6.07, 6.45) is 0.266. The smallest absolute Gasteiger partial charge is 0.351 e. The van der Waals surface area contributed by atoms with E-state index in [2.05, 4.69) is 4.98 Å².